The second-order valence-electron chi connectivity index (χ2n) is 6.73. The molecular formula is C18H37N. The Morgan fingerprint density at radius 1 is 0.789 bits per heavy atom. The summed E-state index contributed by atoms with van der Waals surface area (Å²) in [6.45, 7) is 8.83. The summed E-state index contributed by atoms with van der Waals surface area (Å²) in [6.07, 6.45) is 17.4. The molecule has 0 radical (unpaired) electrons. The van der Waals surface area contributed by atoms with Crippen LogP contribution in [0, 0.1) is 5.92 Å². The zero-order chi connectivity index (χ0) is 13.8. The first-order chi connectivity index (χ1) is 9.33. The molecule has 0 saturated carbocycles. The molecule has 0 aromatic carbocycles. The first-order valence-electron chi connectivity index (χ1n) is 9.05. The Kier molecular flexibility index (Phi) is 10.5. The zero-order valence-corrected chi connectivity index (χ0v) is 13.6. The first kappa shape index (κ1) is 17.0. The van der Waals surface area contributed by atoms with Crippen molar-refractivity contribution in [3.8, 4) is 0 Å². The second kappa shape index (κ2) is 11.8. The minimum atomic E-state index is 0.915. The maximum atomic E-state index is 2.69. The summed E-state index contributed by atoms with van der Waals surface area (Å²) in [4.78, 5) is 2.69. The third-order valence-electron chi connectivity index (χ3n) is 4.57. The summed E-state index contributed by atoms with van der Waals surface area (Å²) in [5.74, 6) is 0.915. The van der Waals surface area contributed by atoms with Crippen LogP contribution < -0.4 is 0 Å². The van der Waals surface area contributed by atoms with E-state index in [0.29, 0.717) is 0 Å². The smallest absolute Gasteiger partial charge is 0.000702 e. The Bertz CT molecular complexity index is 184. The number of rotatable bonds is 11. The Hall–Kier alpha value is -0.0400. The Balaban J connectivity index is 1.85. The van der Waals surface area contributed by atoms with Crippen LogP contribution in [0.2, 0.25) is 0 Å². The summed E-state index contributed by atoms with van der Waals surface area (Å²) in [6, 6.07) is 0. The molecule has 19 heavy (non-hydrogen) atoms. The van der Waals surface area contributed by atoms with Gasteiger partial charge in [-0.25, -0.2) is 0 Å². The standard InChI is InChI=1S/C18H37N/c1-3-4-5-6-7-8-9-11-14-18(2)17-19-15-12-10-13-16-19/h18H,3-17H2,1-2H3. The van der Waals surface area contributed by atoms with Crippen LogP contribution in [0.3, 0.4) is 0 Å². The van der Waals surface area contributed by atoms with E-state index < -0.39 is 0 Å². The van der Waals surface area contributed by atoms with E-state index in [1.807, 2.05) is 0 Å². The predicted octanol–water partition coefficient (Wildman–Crippen LogP) is 5.64. The molecule has 1 nitrogen and oxygen atoms in total. The van der Waals surface area contributed by atoms with Gasteiger partial charge < -0.3 is 4.90 Å². The fourth-order valence-electron chi connectivity index (χ4n) is 3.30. The molecule has 0 aromatic rings. The average molecular weight is 268 g/mol. The van der Waals surface area contributed by atoms with Gasteiger partial charge in [0.2, 0.25) is 0 Å². The predicted molar refractivity (Wildman–Crippen MR) is 86.7 cm³/mol. The summed E-state index contributed by atoms with van der Waals surface area (Å²) in [5.41, 5.74) is 0. The van der Waals surface area contributed by atoms with Crippen molar-refractivity contribution >= 4 is 0 Å². The first-order valence-corrected chi connectivity index (χ1v) is 9.05. The van der Waals surface area contributed by atoms with E-state index >= 15 is 0 Å². The largest absolute Gasteiger partial charge is 0.303 e. The summed E-state index contributed by atoms with van der Waals surface area (Å²) < 4.78 is 0. The fraction of sp³-hybridized carbons (Fsp3) is 1.00. The fourth-order valence-corrected chi connectivity index (χ4v) is 3.30. The van der Waals surface area contributed by atoms with E-state index in [4.69, 9.17) is 0 Å². The van der Waals surface area contributed by atoms with Crippen LogP contribution in [0.4, 0.5) is 0 Å². The van der Waals surface area contributed by atoms with Gasteiger partial charge >= 0.3 is 0 Å². The minimum absolute atomic E-state index is 0.915. The molecule has 1 unspecified atom stereocenters. The zero-order valence-electron chi connectivity index (χ0n) is 13.6. The van der Waals surface area contributed by atoms with E-state index in [-0.39, 0.29) is 0 Å². The lowest BCUT2D eigenvalue weighted by molar-refractivity contribution is 0.195. The highest BCUT2D eigenvalue weighted by molar-refractivity contribution is 4.67. The summed E-state index contributed by atoms with van der Waals surface area (Å²) >= 11 is 0. The molecule has 1 aliphatic heterocycles. The van der Waals surface area contributed by atoms with Crippen molar-refractivity contribution < 1.29 is 0 Å². The summed E-state index contributed by atoms with van der Waals surface area (Å²) in [5, 5.41) is 0. The highest BCUT2D eigenvalue weighted by atomic mass is 15.1. The lowest BCUT2D eigenvalue weighted by Crippen LogP contribution is -2.33. The normalized spacial score (nSPS) is 18.6. The second-order valence-corrected chi connectivity index (χ2v) is 6.73. The van der Waals surface area contributed by atoms with Crippen LogP contribution in [0.1, 0.15) is 90.9 Å². The molecule has 1 heteroatoms. The Morgan fingerprint density at radius 2 is 1.37 bits per heavy atom. The molecule has 0 amide bonds. The molecule has 0 bridgehead atoms. The number of unbranched alkanes of at least 4 members (excludes halogenated alkanes) is 7. The molecule has 0 N–H and O–H groups in total. The molecule has 114 valence electrons. The van der Waals surface area contributed by atoms with Crippen molar-refractivity contribution in [2.24, 2.45) is 5.92 Å². The Morgan fingerprint density at radius 3 is 2.00 bits per heavy atom. The third kappa shape index (κ3) is 9.49. The van der Waals surface area contributed by atoms with Crippen molar-refractivity contribution in [2.45, 2.75) is 90.9 Å². The highest BCUT2D eigenvalue weighted by Gasteiger charge is 2.12. The SMILES string of the molecule is CCCCCCCCCCC(C)CN1CCCCC1. The van der Waals surface area contributed by atoms with Gasteiger partial charge in [0.25, 0.3) is 0 Å². The van der Waals surface area contributed by atoms with Crippen molar-refractivity contribution in [1.29, 1.82) is 0 Å². The molecule has 0 spiro atoms. The summed E-state index contributed by atoms with van der Waals surface area (Å²) in [7, 11) is 0. The van der Waals surface area contributed by atoms with E-state index in [2.05, 4.69) is 18.7 Å². The molecule has 1 aliphatic rings. The van der Waals surface area contributed by atoms with Crippen LogP contribution in [0.25, 0.3) is 0 Å². The molecule has 1 saturated heterocycles. The molecule has 1 fully saturated rings. The molecule has 1 rings (SSSR count). The molecule has 0 aromatic heterocycles. The highest BCUT2D eigenvalue weighted by Crippen LogP contribution is 2.16. The van der Waals surface area contributed by atoms with Gasteiger partial charge in [-0.1, -0.05) is 71.6 Å². The maximum Gasteiger partial charge on any atom is 0.000702 e. The number of piperidine rings is 1. The third-order valence-corrected chi connectivity index (χ3v) is 4.57. The van der Waals surface area contributed by atoms with Gasteiger partial charge in [0.1, 0.15) is 0 Å². The number of nitrogens with zero attached hydrogens (tertiary/aromatic N) is 1. The topological polar surface area (TPSA) is 3.24 Å². The molecule has 0 aliphatic carbocycles. The van der Waals surface area contributed by atoms with Crippen LogP contribution >= 0.6 is 0 Å². The van der Waals surface area contributed by atoms with Crippen molar-refractivity contribution in [3.05, 3.63) is 0 Å². The van der Waals surface area contributed by atoms with Gasteiger partial charge in [0, 0.05) is 6.54 Å². The van der Waals surface area contributed by atoms with Crippen molar-refractivity contribution in [1.82, 2.24) is 4.90 Å². The van der Waals surface area contributed by atoms with Gasteiger partial charge in [-0.2, -0.15) is 0 Å². The van der Waals surface area contributed by atoms with Crippen LogP contribution in [-0.2, 0) is 0 Å². The lowest BCUT2D eigenvalue weighted by Gasteiger charge is -2.29. The van der Waals surface area contributed by atoms with Gasteiger partial charge in [-0.3, -0.25) is 0 Å². The molecular weight excluding hydrogens is 230 g/mol. The van der Waals surface area contributed by atoms with Gasteiger partial charge in [0.15, 0.2) is 0 Å². The van der Waals surface area contributed by atoms with Gasteiger partial charge in [-0.15, -0.1) is 0 Å². The average Bonchev–Trinajstić information content (AvgIpc) is 2.43. The van der Waals surface area contributed by atoms with Crippen LogP contribution in [-0.4, -0.2) is 24.5 Å². The van der Waals surface area contributed by atoms with Crippen LogP contribution in [0.5, 0.6) is 0 Å². The number of likely N-dealkylation sites (tertiary alicyclic amines) is 1. The van der Waals surface area contributed by atoms with Crippen LogP contribution in [0.15, 0.2) is 0 Å². The van der Waals surface area contributed by atoms with Gasteiger partial charge in [0.05, 0.1) is 0 Å². The van der Waals surface area contributed by atoms with Crippen molar-refractivity contribution in [2.75, 3.05) is 19.6 Å². The lowest BCUT2D eigenvalue weighted by atomic mass is 10.00. The minimum Gasteiger partial charge on any atom is -0.303 e. The van der Waals surface area contributed by atoms with E-state index in [1.165, 1.54) is 96.7 Å². The van der Waals surface area contributed by atoms with E-state index in [0.717, 1.165) is 5.92 Å². The molecule has 1 heterocycles. The van der Waals surface area contributed by atoms with E-state index in [1.54, 1.807) is 0 Å². The maximum absolute atomic E-state index is 2.69. The monoisotopic (exact) mass is 267 g/mol. The quantitative estimate of drug-likeness (QED) is 0.438. The van der Waals surface area contributed by atoms with Crippen molar-refractivity contribution in [3.63, 3.8) is 0 Å². The van der Waals surface area contributed by atoms with Gasteiger partial charge in [-0.05, 0) is 38.3 Å². The number of hydrogen-bond acceptors (Lipinski definition) is 1. The Labute approximate surface area is 122 Å². The number of hydrogen-bond donors (Lipinski definition) is 0. The van der Waals surface area contributed by atoms with E-state index in [9.17, 15) is 0 Å². The molecule has 1 atom stereocenters.